The van der Waals surface area contributed by atoms with Crippen molar-refractivity contribution in [2.75, 3.05) is 6.61 Å². The Labute approximate surface area is 198 Å². The highest BCUT2D eigenvalue weighted by molar-refractivity contribution is 6.04. The molecule has 0 aliphatic heterocycles. The van der Waals surface area contributed by atoms with E-state index in [4.69, 9.17) is 4.74 Å². The van der Waals surface area contributed by atoms with Crippen molar-refractivity contribution < 1.29 is 19.0 Å². The maximum Gasteiger partial charge on any atom is 0.272 e. The Morgan fingerprint density at radius 1 is 1.24 bits per heavy atom. The second-order valence-electron chi connectivity index (χ2n) is 9.37. The van der Waals surface area contributed by atoms with Gasteiger partial charge in [0.05, 0.1) is 23.8 Å². The van der Waals surface area contributed by atoms with Crippen molar-refractivity contribution in [3.63, 3.8) is 0 Å². The number of aryl methyl sites for hydroxylation is 2. The molecule has 0 unspecified atom stereocenters. The van der Waals surface area contributed by atoms with Crippen LogP contribution in [0.1, 0.15) is 62.6 Å². The molecule has 0 saturated heterocycles. The molecule has 1 saturated carbocycles. The molecule has 0 bridgehead atoms. The van der Waals surface area contributed by atoms with Crippen molar-refractivity contribution >= 4 is 16.8 Å². The quantitative estimate of drug-likeness (QED) is 0.550. The first-order chi connectivity index (χ1) is 16.2. The molecule has 1 aromatic carbocycles. The van der Waals surface area contributed by atoms with E-state index >= 15 is 0 Å². The van der Waals surface area contributed by atoms with Crippen molar-refractivity contribution in [2.45, 2.75) is 64.5 Å². The van der Waals surface area contributed by atoms with Crippen LogP contribution in [0.15, 0.2) is 35.1 Å². The van der Waals surface area contributed by atoms with E-state index in [0.29, 0.717) is 35.9 Å². The fourth-order valence-electron chi connectivity index (χ4n) is 4.93. The molecule has 1 aliphatic carbocycles. The van der Waals surface area contributed by atoms with Crippen LogP contribution >= 0.6 is 0 Å². The van der Waals surface area contributed by atoms with E-state index in [0.717, 1.165) is 18.5 Å². The average Bonchev–Trinajstić information content (AvgIpc) is 3.37. The Hall–Kier alpha value is -3.13. The summed E-state index contributed by atoms with van der Waals surface area (Å²) in [6.07, 6.45) is 3.57. The fraction of sp³-hybridized carbons (Fsp3) is 0.462. The summed E-state index contributed by atoms with van der Waals surface area (Å²) in [6, 6.07) is 7.63. The van der Waals surface area contributed by atoms with Gasteiger partial charge >= 0.3 is 0 Å². The first-order valence-electron chi connectivity index (χ1n) is 11.8. The molecule has 34 heavy (non-hydrogen) atoms. The lowest BCUT2D eigenvalue weighted by atomic mass is 9.98. The van der Waals surface area contributed by atoms with Crippen molar-refractivity contribution in [2.24, 2.45) is 7.05 Å². The number of carbonyl (C=O) groups excluding carboxylic acids is 1. The summed E-state index contributed by atoms with van der Waals surface area (Å²) in [5.74, 6) is -0.543. The zero-order chi connectivity index (χ0) is 24.6. The number of ether oxygens (including phenoxy) is 1. The van der Waals surface area contributed by atoms with Crippen molar-refractivity contribution in [3.8, 4) is 11.4 Å². The highest BCUT2D eigenvalue weighted by Gasteiger charge is 2.37. The third-order valence-corrected chi connectivity index (χ3v) is 6.66. The van der Waals surface area contributed by atoms with Gasteiger partial charge in [0.15, 0.2) is 11.4 Å². The molecule has 0 spiro atoms. The van der Waals surface area contributed by atoms with Crippen LogP contribution in [0.2, 0.25) is 0 Å². The number of rotatable bonds is 7. The van der Waals surface area contributed by atoms with Gasteiger partial charge in [0.1, 0.15) is 11.2 Å². The first-order valence-corrected chi connectivity index (χ1v) is 11.8. The molecule has 1 amide bonds. The largest absolute Gasteiger partial charge is 0.488 e. The van der Waals surface area contributed by atoms with Gasteiger partial charge in [-0.1, -0.05) is 19.8 Å². The fourth-order valence-corrected chi connectivity index (χ4v) is 4.93. The second-order valence-corrected chi connectivity index (χ2v) is 9.37. The minimum atomic E-state index is -0.661. The molecular formula is C26H32FN3O4. The van der Waals surface area contributed by atoms with Crippen LogP contribution in [-0.4, -0.2) is 38.4 Å². The van der Waals surface area contributed by atoms with Gasteiger partial charge in [0.25, 0.3) is 11.5 Å². The molecule has 7 nitrogen and oxygen atoms in total. The molecular weight excluding hydrogens is 437 g/mol. The number of halogens is 1. The lowest BCUT2D eigenvalue weighted by molar-refractivity contribution is 0.0825. The SMILES string of the molecule is CCc1cc2c(c(OC(C)C)c(C(=O)NC3(CO)CCCC3)n2C)c(=O)n1-c1ccc(F)cc1. The maximum absolute atomic E-state index is 13.9. The molecule has 182 valence electrons. The Balaban J connectivity index is 1.96. The molecule has 2 N–H and O–H groups in total. The van der Waals surface area contributed by atoms with Gasteiger partial charge in [0.2, 0.25) is 0 Å². The summed E-state index contributed by atoms with van der Waals surface area (Å²) >= 11 is 0. The van der Waals surface area contributed by atoms with Gasteiger partial charge in [-0.15, -0.1) is 0 Å². The number of aromatic nitrogens is 2. The number of hydrogen-bond donors (Lipinski definition) is 2. The highest BCUT2D eigenvalue weighted by atomic mass is 19.1. The van der Waals surface area contributed by atoms with Crippen molar-refractivity contribution in [1.82, 2.24) is 14.5 Å². The molecule has 0 atom stereocenters. The van der Waals surface area contributed by atoms with E-state index in [1.165, 1.54) is 12.1 Å². The summed E-state index contributed by atoms with van der Waals surface area (Å²) in [5.41, 5.74) is 1.12. The van der Waals surface area contributed by atoms with Crippen LogP contribution < -0.4 is 15.6 Å². The van der Waals surface area contributed by atoms with Crippen molar-refractivity contribution in [1.29, 1.82) is 0 Å². The Morgan fingerprint density at radius 2 is 1.88 bits per heavy atom. The second kappa shape index (κ2) is 9.25. The summed E-state index contributed by atoms with van der Waals surface area (Å²) in [6.45, 7) is 5.48. The Bertz CT molecular complexity index is 1270. The molecule has 3 aromatic rings. The standard InChI is InChI=1S/C26H32FN3O4/c1-5-18-14-20-21(25(33)30(18)19-10-8-17(27)9-11-19)23(34-16(2)3)22(29(20)4)24(32)28-26(15-31)12-6-7-13-26/h8-11,14,16,31H,5-7,12-13,15H2,1-4H3,(H,28,32). The van der Waals surface area contributed by atoms with E-state index in [1.807, 2.05) is 26.8 Å². The predicted molar refractivity (Wildman–Crippen MR) is 129 cm³/mol. The smallest absolute Gasteiger partial charge is 0.272 e. The number of aliphatic hydroxyl groups excluding tert-OH is 1. The topological polar surface area (TPSA) is 85.5 Å². The molecule has 1 fully saturated rings. The van der Waals surface area contributed by atoms with Gasteiger partial charge in [-0.2, -0.15) is 0 Å². The van der Waals surface area contributed by atoms with E-state index < -0.39 is 5.54 Å². The van der Waals surface area contributed by atoms with E-state index in [-0.39, 0.29) is 41.4 Å². The molecule has 2 heterocycles. The lowest BCUT2D eigenvalue weighted by Crippen LogP contribution is -2.49. The monoisotopic (exact) mass is 469 g/mol. The van der Waals surface area contributed by atoms with E-state index in [9.17, 15) is 19.1 Å². The summed E-state index contributed by atoms with van der Waals surface area (Å²) < 4.78 is 22.9. The van der Waals surface area contributed by atoms with Crippen LogP contribution in [0.3, 0.4) is 0 Å². The number of nitrogens with one attached hydrogen (secondary N) is 1. The van der Waals surface area contributed by atoms with Crippen LogP contribution in [0, 0.1) is 5.82 Å². The number of fused-ring (bicyclic) bond motifs is 1. The summed E-state index contributed by atoms with van der Waals surface area (Å²) in [5, 5.41) is 13.3. The molecule has 2 aromatic heterocycles. The lowest BCUT2D eigenvalue weighted by Gasteiger charge is -2.28. The number of benzene rings is 1. The Kier molecular flexibility index (Phi) is 6.53. The van der Waals surface area contributed by atoms with E-state index in [1.54, 1.807) is 28.3 Å². The van der Waals surface area contributed by atoms with Crippen molar-refractivity contribution in [3.05, 3.63) is 57.9 Å². The average molecular weight is 470 g/mol. The van der Waals surface area contributed by atoms with Gasteiger partial charge in [-0.3, -0.25) is 14.2 Å². The van der Waals surface area contributed by atoms with Crippen LogP contribution in [0.25, 0.3) is 16.6 Å². The third kappa shape index (κ3) is 4.11. The number of amides is 1. The van der Waals surface area contributed by atoms with E-state index in [2.05, 4.69) is 5.32 Å². The van der Waals surface area contributed by atoms with Crippen LogP contribution in [0.5, 0.6) is 5.75 Å². The predicted octanol–water partition coefficient (Wildman–Crippen LogP) is 3.85. The van der Waals surface area contributed by atoms with Gasteiger partial charge in [-0.05, 0) is 63.4 Å². The van der Waals surface area contributed by atoms with Crippen LogP contribution in [-0.2, 0) is 13.5 Å². The van der Waals surface area contributed by atoms with Gasteiger partial charge in [0, 0.05) is 18.4 Å². The number of aliphatic hydroxyl groups is 1. The number of nitrogens with zero attached hydrogens (tertiary/aromatic N) is 2. The van der Waals surface area contributed by atoms with Gasteiger partial charge < -0.3 is 19.7 Å². The molecule has 4 rings (SSSR count). The Morgan fingerprint density at radius 3 is 2.44 bits per heavy atom. The molecule has 0 radical (unpaired) electrons. The summed E-state index contributed by atoms with van der Waals surface area (Å²) in [4.78, 5) is 27.4. The number of pyridine rings is 1. The number of hydrogen-bond acceptors (Lipinski definition) is 4. The van der Waals surface area contributed by atoms with Crippen LogP contribution in [0.4, 0.5) is 4.39 Å². The third-order valence-electron chi connectivity index (χ3n) is 6.66. The zero-order valence-electron chi connectivity index (χ0n) is 20.2. The maximum atomic E-state index is 13.9. The summed E-state index contributed by atoms with van der Waals surface area (Å²) in [7, 11) is 1.74. The zero-order valence-corrected chi connectivity index (χ0v) is 20.2. The normalized spacial score (nSPS) is 15.3. The highest BCUT2D eigenvalue weighted by Crippen LogP contribution is 2.35. The minimum Gasteiger partial charge on any atom is -0.488 e. The van der Waals surface area contributed by atoms with Gasteiger partial charge in [-0.25, -0.2) is 4.39 Å². The minimum absolute atomic E-state index is 0.138. The number of carbonyl (C=O) groups is 1. The first kappa shape index (κ1) is 24.0. The molecule has 1 aliphatic rings. The molecule has 8 heteroatoms.